The summed E-state index contributed by atoms with van der Waals surface area (Å²) in [6.07, 6.45) is 5.16. The molecule has 0 aliphatic carbocycles. The highest BCUT2D eigenvalue weighted by molar-refractivity contribution is 5.14. The zero-order chi connectivity index (χ0) is 7.68. The van der Waals surface area contributed by atoms with Crippen LogP contribution in [0.15, 0.2) is 12.4 Å². The van der Waals surface area contributed by atoms with Crippen LogP contribution in [0.4, 0.5) is 0 Å². The quantitative estimate of drug-likeness (QED) is 0.625. The van der Waals surface area contributed by atoms with Crippen LogP contribution in [-0.2, 0) is 0 Å². The molecule has 2 unspecified atom stereocenters. The van der Waals surface area contributed by atoms with Crippen LogP contribution in [0, 0.1) is 0 Å². The molecule has 0 amide bonds. The second-order valence-electron chi connectivity index (χ2n) is 3.17. The van der Waals surface area contributed by atoms with Crippen molar-refractivity contribution in [1.82, 2.24) is 15.5 Å². The van der Waals surface area contributed by atoms with Crippen LogP contribution < -0.4 is 5.32 Å². The van der Waals surface area contributed by atoms with Crippen LogP contribution in [0.25, 0.3) is 0 Å². The fourth-order valence-corrected chi connectivity index (χ4v) is 1.78. The largest absolute Gasteiger partial charge is 0.314 e. The van der Waals surface area contributed by atoms with Crippen LogP contribution in [0.3, 0.4) is 0 Å². The summed E-state index contributed by atoms with van der Waals surface area (Å²) >= 11 is 0. The van der Waals surface area contributed by atoms with E-state index in [2.05, 4.69) is 22.4 Å². The van der Waals surface area contributed by atoms with E-state index >= 15 is 0 Å². The van der Waals surface area contributed by atoms with Gasteiger partial charge in [-0.1, -0.05) is 0 Å². The lowest BCUT2D eigenvalue weighted by Gasteiger charge is -2.11. The van der Waals surface area contributed by atoms with E-state index in [0.29, 0.717) is 12.0 Å². The third-order valence-corrected chi connectivity index (χ3v) is 2.47. The molecule has 3 nitrogen and oxygen atoms in total. The Balaban J connectivity index is 2.16. The zero-order valence-electron chi connectivity index (χ0n) is 6.67. The molecule has 1 fully saturated rings. The minimum atomic E-state index is 0.604. The number of nitrogens with zero attached hydrogens (tertiary/aromatic N) is 1. The van der Waals surface area contributed by atoms with E-state index in [4.69, 9.17) is 0 Å². The van der Waals surface area contributed by atoms with Crippen LogP contribution in [0.5, 0.6) is 0 Å². The summed E-state index contributed by atoms with van der Waals surface area (Å²) in [4.78, 5) is 0. The minimum Gasteiger partial charge on any atom is -0.314 e. The summed E-state index contributed by atoms with van der Waals surface area (Å²) in [5.41, 5.74) is 1.34. The van der Waals surface area contributed by atoms with Gasteiger partial charge in [0.05, 0.1) is 6.20 Å². The summed E-state index contributed by atoms with van der Waals surface area (Å²) in [5, 5.41) is 10.2. The summed E-state index contributed by atoms with van der Waals surface area (Å²) in [6, 6.07) is 0.604. The molecule has 1 aromatic heterocycles. The van der Waals surface area contributed by atoms with Crippen molar-refractivity contribution in [3.63, 3.8) is 0 Å². The molecule has 11 heavy (non-hydrogen) atoms. The number of aromatic nitrogens is 2. The van der Waals surface area contributed by atoms with Crippen molar-refractivity contribution >= 4 is 0 Å². The third kappa shape index (κ3) is 1.16. The summed E-state index contributed by atoms with van der Waals surface area (Å²) < 4.78 is 0. The van der Waals surface area contributed by atoms with Gasteiger partial charge in [0, 0.05) is 18.2 Å². The number of H-pyrrole nitrogens is 1. The lowest BCUT2D eigenvalue weighted by molar-refractivity contribution is 0.594. The third-order valence-electron chi connectivity index (χ3n) is 2.47. The highest BCUT2D eigenvalue weighted by Crippen LogP contribution is 2.25. The molecule has 2 rings (SSSR count). The van der Waals surface area contributed by atoms with Gasteiger partial charge in [-0.15, -0.1) is 0 Å². The normalized spacial score (nSPS) is 31.0. The summed E-state index contributed by atoms with van der Waals surface area (Å²) in [6.45, 7) is 3.36. The minimum absolute atomic E-state index is 0.604. The topological polar surface area (TPSA) is 40.7 Å². The Bertz CT molecular complexity index is 217. The van der Waals surface area contributed by atoms with Crippen LogP contribution in [0.1, 0.15) is 24.8 Å². The number of hydrogen-bond acceptors (Lipinski definition) is 2. The first-order chi connectivity index (χ1) is 5.38. The van der Waals surface area contributed by atoms with Crippen molar-refractivity contribution in [3.8, 4) is 0 Å². The van der Waals surface area contributed by atoms with Crippen molar-refractivity contribution in [2.45, 2.75) is 25.3 Å². The zero-order valence-corrected chi connectivity index (χ0v) is 6.67. The van der Waals surface area contributed by atoms with Gasteiger partial charge in [-0.3, -0.25) is 5.10 Å². The fraction of sp³-hybridized carbons (Fsp3) is 0.625. The molecule has 0 radical (unpaired) electrons. The smallest absolute Gasteiger partial charge is 0.0522 e. The Morgan fingerprint density at radius 2 is 2.55 bits per heavy atom. The van der Waals surface area contributed by atoms with E-state index in [-0.39, 0.29) is 0 Å². The monoisotopic (exact) mass is 151 g/mol. The molecule has 1 aromatic rings. The van der Waals surface area contributed by atoms with Gasteiger partial charge in [0.1, 0.15) is 0 Å². The molecule has 0 aromatic carbocycles. The average molecular weight is 151 g/mol. The first-order valence-corrected chi connectivity index (χ1v) is 4.10. The Labute approximate surface area is 66.2 Å². The van der Waals surface area contributed by atoms with Crippen LogP contribution >= 0.6 is 0 Å². The maximum atomic E-state index is 3.95. The van der Waals surface area contributed by atoms with Crippen molar-refractivity contribution in [3.05, 3.63) is 18.0 Å². The molecule has 60 valence electrons. The molecule has 0 bridgehead atoms. The average Bonchev–Trinajstić information content (AvgIpc) is 2.55. The standard InChI is InChI=1S/C8H13N3/c1-6-8(2-3-9-6)7-4-10-11-5-7/h4-6,8-9H,2-3H2,1H3,(H,10,11). The molecule has 0 spiro atoms. The Hall–Kier alpha value is -0.830. The van der Waals surface area contributed by atoms with Gasteiger partial charge < -0.3 is 5.32 Å². The van der Waals surface area contributed by atoms with Gasteiger partial charge in [0.15, 0.2) is 0 Å². The van der Waals surface area contributed by atoms with Crippen molar-refractivity contribution < 1.29 is 0 Å². The maximum Gasteiger partial charge on any atom is 0.0522 e. The van der Waals surface area contributed by atoms with E-state index < -0.39 is 0 Å². The van der Waals surface area contributed by atoms with Gasteiger partial charge in [-0.2, -0.15) is 5.10 Å². The SMILES string of the molecule is CC1NCCC1c1cn[nH]c1. The highest BCUT2D eigenvalue weighted by Gasteiger charge is 2.24. The summed E-state index contributed by atoms with van der Waals surface area (Å²) in [7, 11) is 0. The first kappa shape index (κ1) is 6.85. The van der Waals surface area contributed by atoms with Crippen LogP contribution in [0.2, 0.25) is 0 Å². The Morgan fingerprint density at radius 1 is 1.64 bits per heavy atom. The molecule has 2 atom stereocenters. The van der Waals surface area contributed by atoms with Gasteiger partial charge in [-0.25, -0.2) is 0 Å². The predicted molar refractivity (Wildman–Crippen MR) is 43.4 cm³/mol. The lowest BCUT2D eigenvalue weighted by atomic mass is 9.96. The van der Waals surface area contributed by atoms with Crippen molar-refractivity contribution in [2.75, 3.05) is 6.54 Å². The molecule has 2 heterocycles. The van der Waals surface area contributed by atoms with E-state index in [1.165, 1.54) is 12.0 Å². The highest BCUT2D eigenvalue weighted by atomic mass is 15.1. The number of rotatable bonds is 1. The second kappa shape index (κ2) is 2.66. The van der Waals surface area contributed by atoms with E-state index in [1.54, 1.807) is 0 Å². The molecule has 0 saturated carbocycles. The molecule has 1 saturated heterocycles. The predicted octanol–water partition coefficient (Wildman–Crippen LogP) is 0.875. The first-order valence-electron chi connectivity index (χ1n) is 4.10. The van der Waals surface area contributed by atoms with Crippen molar-refractivity contribution in [2.24, 2.45) is 0 Å². The molecule has 1 aliphatic rings. The number of aromatic amines is 1. The fourth-order valence-electron chi connectivity index (χ4n) is 1.78. The molecular formula is C8H13N3. The lowest BCUT2D eigenvalue weighted by Crippen LogP contribution is -2.21. The van der Waals surface area contributed by atoms with Gasteiger partial charge in [-0.05, 0) is 25.5 Å². The Kier molecular flexibility index (Phi) is 1.66. The molecular weight excluding hydrogens is 138 g/mol. The number of nitrogens with one attached hydrogen (secondary N) is 2. The molecule has 2 N–H and O–H groups in total. The van der Waals surface area contributed by atoms with Crippen molar-refractivity contribution in [1.29, 1.82) is 0 Å². The van der Waals surface area contributed by atoms with E-state index in [1.807, 2.05) is 12.4 Å². The summed E-state index contributed by atoms with van der Waals surface area (Å²) in [5.74, 6) is 0.661. The van der Waals surface area contributed by atoms with Crippen LogP contribution in [-0.4, -0.2) is 22.8 Å². The number of hydrogen-bond donors (Lipinski definition) is 2. The molecule has 1 aliphatic heterocycles. The molecule has 3 heteroatoms. The maximum absolute atomic E-state index is 3.95. The van der Waals surface area contributed by atoms with E-state index in [9.17, 15) is 0 Å². The second-order valence-corrected chi connectivity index (χ2v) is 3.17. The Morgan fingerprint density at radius 3 is 3.09 bits per heavy atom. The van der Waals surface area contributed by atoms with Gasteiger partial charge in [0.25, 0.3) is 0 Å². The van der Waals surface area contributed by atoms with Gasteiger partial charge >= 0.3 is 0 Å². The van der Waals surface area contributed by atoms with E-state index in [0.717, 1.165) is 6.54 Å². The van der Waals surface area contributed by atoms with Gasteiger partial charge in [0.2, 0.25) is 0 Å².